The molecule has 0 unspecified atom stereocenters. The smallest absolute Gasteiger partial charge is 0.411 e. The van der Waals surface area contributed by atoms with Crippen LogP contribution in [0.15, 0.2) is 30.3 Å². The predicted molar refractivity (Wildman–Crippen MR) is 88.8 cm³/mol. The van der Waals surface area contributed by atoms with Crippen molar-refractivity contribution in [3.05, 3.63) is 35.9 Å². The van der Waals surface area contributed by atoms with Crippen molar-refractivity contribution in [1.82, 2.24) is 4.90 Å². The van der Waals surface area contributed by atoms with Gasteiger partial charge in [0.2, 0.25) is 5.54 Å². The Morgan fingerprint density at radius 2 is 1.84 bits per heavy atom. The first-order valence-corrected chi connectivity index (χ1v) is 8.12. The van der Waals surface area contributed by atoms with Gasteiger partial charge < -0.3 is 14.6 Å². The van der Waals surface area contributed by atoms with Gasteiger partial charge in [0.25, 0.3) is 0 Å². The molecular formula is C18H23NO6. The van der Waals surface area contributed by atoms with Crippen LogP contribution in [0.25, 0.3) is 0 Å². The standard InChI is InChI=1S/C18H23NO6/c1-17(2,3)25-15(22)18(14(20)21)10-7-11-19(18)16(23)24-12-13-8-5-4-6-9-13/h4-6,8-9H,7,10-12H2,1-3H3,(H,20,21)/t18-/m0/s1. The van der Waals surface area contributed by atoms with E-state index in [4.69, 9.17) is 9.47 Å². The average Bonchev–Trinajstić information content (AvgIpc) is 2.98. The molecule has 7 nitrogen and oxygen atoms in total. The van der Waals surface area contributed by atoms with Crippen molar-refractivity contribution in [1.29, 1.82) is 0 Å². The first-order chi connectivity index (χ1) is 11.7. The van der Waals surface area contributed by atoms with Gasteiger partial charge in [0, 0.05) is 6.54 Å². The second-order valence-corrected chi connectivity index (χ2v) is 6.96. The van der Waals surface area contributed by atoms with E-state index in [1.54, 1.807) is 45.0 Å². The number of esters is 1. The van der Waals surface area contributed by atoms with E-state index in [1.807, 2.05) is 6.07 Å². The highest BCUT2D eigenvalue weighted by Gasteiger charge is 2.58. The summed E-state index contributed by atoms with van der Waals surface area (Å²) in [4.78, 5) is 37.9. The largest absolute Gasteiger partial charge is 0.479 e. The summed E-state index contributed by atoms with van der Waals surface area (Å²) in [6, 6.07) is 9.03. The molecule has 1 aromatic rings. The van der Waals surface area contributed by atoms with Crippen molar-refractivity contribution >= 4 is 18.0 Å². The normalized spacial score (nSPS) is 20.2. The second kappa shape index (κ2) is 7.13. The monoisotopic (exact) mass is 349 g/mol. The molecule has 1 aromatic carbocycles. The number of hydrogen-bond acceptors (Lipinski definition) is 5. The Hall–Kier alpha value is -2.57. The van der Waals surface area contributed by atoms with E-state index in [-0.39, 0.29) is 19.6 Å². The van der Waals surface area contributed by atoms with E-state index in [2.05, 4.69) is 0 Å². The lowest BCUT2D eigenvalue weighted by Crippen LogP contribution is -2.60. The molecule has 0 saturated carbocycles. The fourth-order valence-corrected chi connectivity index (χ4v) is 2.75. The maximum Gasteiger partial charge on any atom is 0.411 e. The minimum absolute atomic E-state index is 0.000189. The quantitative estimate of drug-likeness (QED) is 0.663. The van der Waals surface area contributed by atoms with E-state index >= 15 is 0 Å². The van der Waals surface area contributed by atoms with Crippen molar-refractivity contribution in [2.45, 2.75) is 51.4 Å². The molecule has 0 aliphatic carbocycles. The summed E-state index contributed by atoms with van der Waals surface area (Å²) in [5.74, 6) is -2.35. The van der Waals surface area contributed by atoms with Crippen LogP contribution in [-0.2, 0) is 25.7 Å². The first-order valence-electron chi connectivity index (χ1n) is 8.12. The van der Waals surface area contributed by atoms with Crippen LogP contribution in [0.1, 0.15) is 39.2 Å². The number of hydrogen-bond donors (Lipinski definition) is 1. The molecule has 0 aromatic heterocycles. The molecule has 136 valence electrons. The fourth-order valence-electron chi connectivity index (χ4n) is 2.75. The van der Waals surface area contributed by atoms with Crippen molar-refractivity contribution in [2.75, 3.05) is 6.54 Å². The van der Waals surface area contributed by atoms with Crippen LogP contribution in [-0.4, -0.2) is 45.7 Å². The number of rotatable bonds is 4. The van der Waals surface area contributed by atoms with Crippen LogP contribution >= 0.6 is 0 Å². The van der Waals surface area contributed by atoms with Gasteiger partial charge >= 0.3 is 18.0 Å². The summed E-state index contributed by atoms with van der Waals surface area (Å²) in [5, 5.41) is 9.69. The summed E-state index contributed by atoms with van der Waals surface area (Å²) in [6.07, 6.45) is -0.460. The molecule has 1 saturated heterocycles. The summed E-state index contributed by atoms with van der Waals surface area (Å²) in [7, 11) is 0. The molecule has 1 atom stereocenters. The van der Waals surface area contributed by atoms with Gasteiger partial charge in [0.1, 0.15) is 12.2 Å². The van der Waals surface area contributed by atoms with E-state index in [0.717, 1.165) is 10.5 Å². The SMILES string of the molecule is CC(C)(C)OC(=O)[C@@]1(C(=O)O)CCCN1C(=O)OCc1ccccc1. The van der Waals surface area contributed by atoms with Crippen LogP contribution in [0.4, 0.5) is 4.79 Å². The maximum absolute atomic E-state index is 12.6. The van der Waals surface area contributed by atoms with Gasteiger partial charge in [-0.05, 0) is 39.2 Å². The zero-order valence-electron chi connectivity index (χ0n) is 14.7. The van der Waals surface area contributed by atoms with Gasteiger partial charge in [-0.1, -0.05) is 30.3 Å². The molecule has 25 heavy (non-hydrogen) atoms. The van der Waals surface area contributed by atoms with Crippen molar-refractivity contribution < 1.29 is 29.0 Å². The van der Waals surface area contributed by atoms with Crippen molar-refractivity contribution in [3.8, 4) is 0 Å². The van der Waals surface area contributed by atoms with Gasteiger partial charge in [-0.25, -0.2) is 14.4 Å². The van der Waals surface area contributed by atoms with E-state index in [0.29, 0.717) is 6.42 Å². The molecule has 0 bridgehead atoms. The molecule has 1 fully saturated rings. The Kier molecular flexibility index (Phi) is 5.35. The number of amides is 1. The molecule has 0 spiro atoms. The number of carboxylic acid groups (broad SMARTS) is 1. The number of aliphatic carboxylic acids is 1. The second-order valence-electron chi connectivity index (χ2n) is 6.96. The lowest BCUT2D eigenvalue weighted by atomic mass is 9.96. The zero-order chi connectivity index (χ0) is 18.7. The third-order valence-electron chi connectivity index (χ3n) is 3.90. The minimum atomic E-state index is -2.04. The number of benzene rings is 1. The van der Waals surface area contributed by atoms with Gasteiger partial charge in [0.05, 0.1) is 0 Å². The Balaban J connectivity index is 2.17. The van der Waals surface area contributed by atoms with Gasteiger partial charge in [-0.2, -0.15) is 0 Å². The molecule has 1 aliphatic rings. The summed E-state index contributed by atoms with van der Waals surface area (Å²) in [6.45, 7) is 5.06. The molecule has 1 heterocycles. The van der Waals surface area contributed by atoms with Crippen LogP contribution in [0.3, 0.4) is 0 Å². The zero-order valence-corrected chi connectivity index (χ0v) is 14.7. The van der Waals surface area contributed by atoms with Crippen LogP contribution < -0.4 is 0 Å². The highest BCUT2D eigenvalue weighted by molar-refractivity contribution is 6.07. The summed E-state index contributed by atoms with van der Waals surface area (Å²) < 4.78 is 10.5. The van der Waals surface area contributed by atoms with Crippen LogP contribution in [0.2, 0.25) is 0 Å². The third-order valence-corrected chi connectivity index (χ3v) is 3.90. The number of nitrogens with zero attached hydrogens (tertiary/aromatic N) is 1. The Morgan fingerprint density at radius 1 is 1.20 bits per heavy atom. The van der Waals surface area contributed by atoms with Crippen LogP contribution in [0, 0.1) is 0 Å². The predicted octanol–water partition coefficient (Wildman–Crippen LogP) is 2.58. The van der Waals surface area contributed by atoms with E-state index < -0.39 is 29.2 Å². The Labute approximate surface area is 146 Å². The highest BCUT2D eigenvalue weighted by Crippen LogP contribution is 2.33. The van der Waals surface area contributed by atoms with Crippen molar-refractivity contribution in [2.24, 2.45) is 0 Å². The molecule has 7 heteroatoms. The maximum atomic E-state index is 12.6. The first kappa shape index (κ1) is 18.8. The Bertz CT molecular complexity index is 651. The summed E-state index contributed by atoms with van der Waals surface area (Å²) >= 11 is 0. The number of carbonyl (C=O) groups is 3. The molecular weight excluding hydrogens is 326 g/mol. The van der Waals surface area contributed by atoms with Gasteiger partial charge in [-0.3, -0.25) is 4.90 Å². The van der Waals surface area contributed by atoms with Crippen LogP contribution in [0.5, 0.6) is 0 Å². The lowest BCUT2D eigenvalue weighted by molar-refractivity contribution is -0.176. The minimum Gasteiger partial charge on any atom is -0.479 e. The Morgan fingerprint density at radius 3 is 2.40 bits per heavy atom. The van der Waals surface area contributed by atoms with Gasteiger partial charge in [-0.15, -0.1) is 0 Å². The highest BCUT2D eigenvalue weighted by atomic mass is 16.6. The number of carboxylic acids is 1. The van der Waals surface area contributed by atoms with Crippen molar-refractivity contribution in [3.63, 3.8) is 0 Å². The molecule has 0 radical (unpaired) electrons. The number of likely N-dealkylation sites (tertiary alicyclic amines) is 1. The average molecular weight is 349 g/mol. The molecule has 1 amide bonds. The van der Waals surface area contributed by atoms with E-state index in [9.17, 15) is 19.5 Å². The third kappa shape index (κ3) is 4.10. The fraction of sp³-hybridized carbons (Fsp3) is 0.500. The molecule has 2 rings (SSSR count). The van der Waals surface area contributed by atoms with E-state index in [1.165, 1.54) is 0 Å². The topological polar surface area (TPSA) is 93.1 Å². The van der Waals surface area contributed by atoms with Gasteiger partial charge in [0.15, 0.2) is 0 Å². The number of ether oxygens (including phenoxy) is 2. The summed E-state index contributed by atoms with van der Waals surface area (Å²) in [5.41, 5.74) is -2.13. The number of carbonyl (C=O) groups excluding carboxylic acids is 2. The molecule has 1 N–H and O–H groups in total. The lowest BCUT2D eigenvalue weighted by Gasteiger charge is -2.34. The molecule has 1 aliphatic heterocycles.